The minimum atomic E-state index is -0.482. The van der Waals surface area contributed by atoms with Gasteiger partial charge in [0.05, 0.1) is 16.8 Å². The normalized spacial score (nSPS) is 12.6. The van der Waals surface area contributed by atoms with Crippen LogP contribution in [0.3, 0.4) is 0 Å². The fraction of sp³-hybridized carbons (Fsp3) is 0.0175. The minimum Gasteiger partial charge on any atom is -0.309 e. The van der Waals surface area contributed by atoms with Crippen molar-refractivity contribution >= 4 is 38.6 Å². The van der Waals surface area contributed by atoms with E-state index in [1.165, 1.54) is 77.2 Å². The molecule has 1 nitrogen and oxygen atoms in total. The molecule has 0 unspecified atom stereocenters. The van der Waals surface area contributed by atoms with Crippen LogP contribution in [-0.2, 0) is 5.41 Å². The van der Waals surface area contributed by atoms with Crippen LogP contribution in [0, 0.1) is 0 Å². The Labute approximate surface area is 339 Å². The zero-order chi connectivity index (χ0) is 38.5. The highest BCUT2D eigenvalue weighted by atomic mass is 15.1. The molecule has 0 aromatic heterocycles. The smallest absolute Gasteiger partial charge is 0.0713 e. The molecule has 0 aliphatic heterocycles. The van der Waals surface area contributed by atoms with Gasteiger partial charge in [-0.2, -0.15) is 0 Å². The third-order valence-electron chi connectivity index (χ3n) is 12.1. The molecule has 58 heavy (non-hydrogen) atoms. The van der Waals surface area contributed by atoms with Crippen LogP contribution in [0.15, 0.2) is 237 Å². The summed E-state index contributed by atoms with van der Waals surface area (Å²) in [7, 11) is 0. The average Bonchev–Trinajstić information content (AvgIpc) is 3.61. The average molecular weight is 738 g/mol. The van der Waals surface area contributed by atoms with E-state index in [2.05, 4.69) is 241 Å². The molecule has 0 fully saturated rings. The first-order valence-electron chi connectivity index (χ1n) is 20.1. The second-order valence-electron chi connectivity index (χ2n) is 15.2. The van der Waals surface area contributed by atoms with E-state index in [9.17, 15) is 0 Å². The Bertz CT molecular complexity index is 3060. The Balaban J connectivity index is 1.28. The highest BCUT2D eigenvalue weighted by Gasteiger charge is 2.46. The molecule has 0 heterocycles. The second kappa shape index (κ2) is 13.9. The van der Waals surface area contributed by atoms with Crippen LogP contribution in [0.2, 0.25) is 0 Å². The Morgan fingerprint density at radius 3 is 1.43 bits per heavy atom. The number of hydrogen-bond donors (Lipinski definition) is 0. The van der Waals surface area contributed by atoms with Crippen molar-refractivity contribution < 1.29 is 0 Å². The maximum absolute atomic E-state index is 2.55. The first-order valence-corrected chi connectivity index (χ1v) is 20.1. The lowest BCUT2D eigenvalue weighted by Crippen LogP contribution is -2.28. The van der Waals surface area contributed by atoms with Crippen LogP contribution < -0.4 is 4.90 Å². The number of hydrogen-bond acceptors (Lipinski definition) is 1. The van der Waals surface area contributed by atoms with E-state index in [1.807, 2.05) is 0 Å². The van der Waals surface area contributed by atoms with Crippen molar-refractivity contribution in [2.75, 3.05) is 4.90 Å². The summed E-state index contributed by atoms with van der Waals surface area (Å²) in [6, 6.07) is 86.9. The summed E-state index contributed by atoms with van der Waals surface area (Å²) in [6.07, 6.45) is 0. The first kappa shape index (κ1) is 33.8. The quantitative estimate of drug-likeness (QED) is 0.147. The molecule has 0 saturated heterocycles. The Hall–Kier alpha value is -7.48. The number of rotatable bonds is 7. The molecule has 0 radical (unpaired) electrons. The van der Waals surface area contributed by atoms with E-state index >= 15 is 0 Å². The van der Waals surface area contributed by atoms with Gasteiger partial charge in [-0.05, 0) is 78.9 Å². The molecule has 0 bridgehead atoms. The van der Waals surface area contributed by atoms with E-state index in [-0.39, 0.29) is 0 Å². The monoisotopic (exact) mass is 737 g/mol. The van der Waals surface area contributed by atoms with Crippen LogP contribution in [0.25, 0.3) is 54.9 Å². The molecular formula is C57H39N. The lowest BCUT2D eigenvalue weighted by molar-refractivity contribution is 0.768. The number of benzene rings is 10. The topological polar surface area (TPSA) is 3.24 Å². The van der Waals surface area contributed by atoms with Gasteiger partial charge in [-0.15, -0.1) is 0 Å². The number of para-hydroxylation sites is 1. The third kappa shape index (κ3) is 5.17. The van der Waals surface area contributed by atoms with Crippen molar-refractivity contribution in [3.63, 3.8) is 0 Å². The van der Waals surface area contributed by atoms with E-state index < -0.39 is 5.41 Å². The van der Waals surface area contributed by atoms with Gasteiger partial charge in [-0.1, -0.05) is 218 Å². The molecule has 0 saturated carbocycles. The zero-order valence-corrected chi connectivity index (χ0v) is 32.0. The zero-order valence-electron chi connectivity index (χ0n) is 32.0. The summed E-state index contributed by atoms with van der Waals surface area (Å²) in [5.41, 5.74) is 15.3. The van der Waals surface area contributed by atoms with Gasteiger partial charge in [0.15, 0.2) is 0 Å². The molecule has 1 heteroatoms. The molecule has 272 valence electrons. The highest BCUT2D eigenvalue weighted by Crippen LogP contribution is 2.58. The van der Waals surface area contributed by atoms with Crippen LogP contribution in [0.1, 0.15) is 22.3 Å². The SMILES string of the molecule is c1ccc(-c2ccccc2N(c2ccc3c(c2)-c2ccccc2C3(c2ccccc2)c2ccccc2)c2c(-c3ccccc3)c3ccccc3c3ccccc23)cc1. The van der Waals surface area contributed by atoms with Crippen molar-refractivity contribution in [3.8, 4) is 33.4 Å². The predicted octanol–water partition coefficient (Wildman–Crippen LogP) is 15.2. The van der Waals surface area contributed by atoms with Crippen molar-refractivity contribution in [2.45, 2.75) is 5.41 Å². The molecule has 0 N–H and O–H groups in total. The minimum absolute atomic E-state index is 0.482. The van der Waals surface area contributed by atoms with Crippen molar-refractivity contribution in [1.82, 2.24) is 0 Å². The van der Waals surface area contributed by atoms with Gasteiger partial charge in [-0.3, -0.25) is 0 Å². The maximum atomic E-state index is 2.55. The summed E-state index contributed by atoms with van der Waals surface area (Å²) in [4.78, 5) is 2.55. The predicted molar refractivity (Wildman–Crippen MR) is 244 cm³/mol. The maximum Gasteiger partial charge on any atom is 0.0713 e. The summed E-state index contributed by atoms with van der Waals surface area (Å²) in [5, 5.41) is 4.90. The molecule has 0 atom stereocenters. The lowest BCUT2D eigenvalue weighted by Gasteiger charge is -2.35. The fourth-order valence-corrected chi connectivity index (χ4v) is 9.75. The van der Waals surface area contributed by atoms with E-state index in [0.29, 0.717) is 0 Å². The molecule has 10 aromatic carbocycles. The molecule has 10 aromatic rings. The van der Waals surface area contributed by atoms with E-state index in [1.54, 1.807) is 0 Å². The Morgan fingerprint density at radius 1 is 0.310 bits per heavy atom. The van der Waals surface area contributed by atoms with Gasteiger partial charge in [0, 0.05) is 22.2 Å². The molecule has 1 aliphatic rings. The van der Waals surface area contributed by atoms with Gasteiger partial charge < -0.3 is 4.90 Å². The van der Waals surface area contributed by atoms with Crippen molar-refractivity contribution in [1.29, 1.82) is 0 Å². The Morgan fingerprint density at radius 2 is 0.776 bits per heavy atom. The number of fused-ring (bicyclic) bond motifs is 6. The van der Waals surface area contributed by atoms with Gasteiger partial charge in [0.2, 0.25) is 0 Å². The molecule has 0 spiro atoms. The summed E-state index contributed by atoms with van der Waals surface area (Å²) < 4.78 is 0. The molecule has 1 aliphatic carbocycles. The second-order valence-corrected chi connectivity index (χ2v) is 15.2. The number of anilines is 3. The number of nitrogens with zero attached hydrogens (tertiary/aromatic N) is 1. The van der Waals surface area contributed by atoms with Crippen molar-refractivity contribution in [3.05, 3.63) is 259 Å². The Kier molecular flexibility index (Phi) is 8.12. The fourth-order valence-electron chi connectivity index (χ4n) is 9.75. The largest absolute Gasteiger partial charge is 0.309 e. The van der Waals surface area contributed by atoms with Crippen LogP contribution in [0.4, 0.5) is 17.1 Å². The van der Waals surface area contributed by atoms with Gasteiger partial charge in [-0.25, -0.2) is 0 Å². The van der Waals surface area contributed by atoms with Crippen molar-refractivity contribution in [2.24, 2.45) is 0 Å². The first-order chi connectivity index (χ1) is 28.8. The summed E-state index contributed by atoms with van der Waals surface area (Å²) in [5.74, 6) is 0. The standard InChI is InChI=1S/C57H39N/c1-5-21-40(22-6-1)45-29-18-20-36-54(45)58(56-50-34-16-14-31-47(50)46-30-13-15-33-49(46)55(56)41-23-7-2-8-24-41)44-37-38-53-51(39-44)48-32-17-19-35-52(48)57(53,42-25-9-3-10-26-42)43-27-11-4-12-28-43/h1-39H. The van der Waals surface area contributed by atoms with E-state index in [0.717, 1.165) is 17.1 Å². The molecule has 0 amide bonds. The molecular weight excluding hydrogens is 699 g/mol. The highest BCUT2D eigenvalue weighted by molar-refractivity contribution is 6.22. The van der Waals surface area contributed by atoms with Crippen LogP contribution in [0.5, 0.6) is 0 Å². The van der Waals surface area contributed by atoms with Gasteiger partial charge >= 0.3 is 0 Å². The summed E-state index contributed by atoms with van der Waals surface area (Å²) in [6.45, 7) is 0. The van der Waals surface area contributed by atoms with E-state index in [4.69, 9.17) is 0 Å². The van der Waals surface area contributed by atoms with Crippen LogP contribution >= 0.6 is 0 Å². The molecule has 11 rings (SSSR count). The van der Waals surface area contributed by atoms with Gasteiger partial charge in [0.25, 0.3) is 0 Å². The van der Waals surface area contributed by atoms with Gasteiger partial charge in [0.1, 0.15) is 0 Å². The van der Waals surface area contributed by atoms with Crippen LogP contribution in [-0.4, -0.2) is 0 Å². The lowest BCUT2D eigenvalue weighted by atomic mass is 9.68. The third-order valence-corrected chi connectivity index (χ3v) is 12.1. The summed E-state index contributed by atoms with van der Waals surface area (Å²) >= 11 is 0.